The topological polar surface area (TPSA) is 92.6 Å². The highest BCUT2D eigenvalue weighted by molar-refractivity contribution is 9.10. The van der Waals surface area contributed by atoms with Crippen LogP contribution in [0.25, 0.3) is 0 Å². The second-order valence-corrected chi connectivity index (χ2v) is 7.48. The van der Waals surface area contributed by atoms with Gasteiger partial charge in [0.15, 0.2) is 0 Å². The van der Waals surface area contributed by atoms with E-state index in [9.17, 15) is 19.7 Å². The number of rotatable bonds is 4. The maximum atomic E-state index is 12.9. The summed E-state index contributed by atoms with van der Waals surface area (Å²) in [6.07, 6.45) is 0.282. The number of nitro benzene ring substituents is 1. The Bertz CT molecular complexity index is 919. The third-order valence-electron chi connectivity index (χ3n) is 4.07. The minimum Gasteiger partial charge on any atom is -0.323 e. The van der Waals surface area contributed by atoms with Gasteiger partial charge < -0.3 is 5.32 Å². The highest BCUT2D eigenvalue weighted by Crippen LogP contribution is 2.32. The van der Waals surface area contributed by atoms with Gasteiger partial charge >= 0.3 is 6.03 Å². The van der Waals surface area contributed by atoms with Gasteiger partial charge in [0, 0.05) is 28.0 Å². The molecule has 1 saturated heterocycles. The van der Waals surface area contributed by atoms with Crippen molar-refractivity contribution in [1.29, 1.82) is 0 Å². The molecule has 3 rings (SSSR count). The van der Waals surface area contributed by atoms with Crippen molar-refractivity contribution in [3.63, 3.8) is 0 Å². The number of benzene rings is 2. The molecule has 0 saturated carbocycles. The van der Waals surface area contributed by atoms with Gasteiger partial charge in [-0.2, -0.15) is 0 Å². The highest BCUT2D eigenvalue weighted by Gasteiger charge is 2.48. The average molecular weight is 439 g/mol. The first-order valence-corrected chi connectivity index (χ1v) is 8.73. The summed E-state index contributed by atoms with van der Waals surface area (Å²) < 4.78 is 0.904. The molecule has 7 nitrogen and oxygen atoms in total. The minimum absolute atomic E-state index is 0.0613. The van der Waals surface area contributed by atoms with Crippen LogP contribution < -0.4 is 10.2 Å². The minimum atomic E-state index is -1.16. The van der Waals surface area contributed by atoms with E-state index in [1.807, 2.05) is 24.3 Å². The zero-order chi connectivity index (χ0) is 19.1. The highest BCUT2D eigenvalue weighted by atomic mass is 79.9. The van der Waals surface area contributed by atoms with Gasteiger partial charge in [-0.3, -0.25) is 14.9 Å². The molecule has 2 aromatic carbocycles. The number of nitro groups is 1. The van der Waals surface area contributed by atoms with Crippen LogP contribution in [-0.4, -0.2) is 22.4 Å². The molecule has 0 unspecified atom stereocenters. The predicted molar refractivity (Wildman–Crippen MR) is 100 cm³/mol. The van der Waals surface area contributed by atoms with E-state index in [2.05, 4.69) is 21.2 Å². The van der Waals surface area contributed by atoms with Crippen LogP contribution in [0.2, 0.25) is 5.02 Å². The van der Waals surface area contributed by atoms with Crippen LogP contribution >= 0.6 is 27.5 Å². The van der Waals surface area contributed by atoms with Gasteiger partial charge in [-0.05, 0) is 30.7 Å². The molecule has 1 atom stereocenters. The summed E-state index contributed by atoms with van der Waals surface area (Å²) in [5.41, 5.74) is -0.536. The molecule has 9 heteroatoms. The lowest BCUT2D eigenvalue weighted by Crippen LogP contribution is -2.46. The van der Waals surface area contributed by atoms with Crippen molar-refractivity contribution in [2.24, 2.45) is 0 Å². The third kappa shape index (κ3) is 3.42. The molecule has 134 valence electrons. The molecule has 1 N–H and O–H groups in total. The Kier molecular flexibility index (Phi) is 4.72. The summed E-state index contributed by atoms with van der Waals surface area (Å²) >= 11 is 9.25. The summed E-state index contributed by atoms with van der Waals surface area (Å²) in [4.78, 5) is 36.6. The van der Waals surface area contributed by atoms with Gasteiger partial charge in [-0.15, -0.1) is 0 Å². The molecule has 2 aromatic rings. The number of non-ortho nitro benzene ring substituents is 1. The Morgan fingerprint density at radius 3 is 2.50 bits per heavy atom. The summed E-state index contributed by atoms with van der Waals surface area (Å²) in [6.45, 7) is 1.62. The second kappa shape index (κ2) is 6.69. The Morgan fingerprint density at radius 1 is 1.23 bits per heavy atom. The van der Waals surface area contributed by atoms with Crippen molar-refractivity contribution in [3.8, 4) is 0 Å². The molecule has 0 radical (unpaired) electrons. The standard InChI is InChI=1S/C17H13BrClN3O4/c1-17(9-10-2-4-11(18)5-3-10)15(23)21(16(24)20-17)13-6-12(19)7-14(8-13)22(25)26/h2-8H,9H2,1H3,(H,20,24)/t17-/m1/s1. The molecule has 1 aliphatic heterocycles. The molecule has 26 heavy (non-hydrogen) atoms. The predicted octanol–water partition coefficient (Wildman–Crippen LogP) is 4.07. The van der Waals surface area contributed by atoms with Crippen molar-refractivity contribution in [1.82, 2.24) is 5.32 Å². The van der Waals surface area contributed by atoms with Crippen LogP contribution in [0.1, 0.15) is 12.5 Å². The normalized spacial score (nSPS) is 19.6. The molecular weight excluding hydrogens is 426 g/mol. The number of carbonyl (C=O) groups excluding carboxylic acids is 2. The van der Waals surface area contributed by atoms with E-state index >= 15 is 0 Å². The molecule has 3 amide bonds. The van der Waals surface area contributed by atoms with Crippen LogP contribution in [0.3, 0.4) is 0 Å². The van der Waals surface area contributed by atoms with E-state index in [0.717, 1.165) is 27.1 Å². The number of carbonyl (C=O) groups is 2. The Hall–Kier alpha value is -2.45. The molecular formula is C17H13BrClN3O4. The molecule has 0 aliphatic carbocycles. The van der Waals surface area contributed by atoms with E-state index in [1.54, 1.807) is 6.92 Å². The van der Waals surface area contributed by atoms with Crippen LogP contribution in [0.4, 0.5) is 16.2 Å². The van der Waals surface area contributed by atoms with Crippen molar-refractivity contribution in [2.45, 2.75) is 18.9 Å². The van der Waals surface area contributed by atoms with Gasteiger partial charge in [0.25, 0.3) is 11.6 Å². The summed E-state index contributed by atoms with van der Waals surface area (Å²) in [7, 11) is 0. The number of nitrogens with one attached hydrogen (secondary N) is 1. The molecule has 1 aliphatic rings. The first-order valence-electron chi connectivity index (χ1n) is 7.56. The molecule has 1 heterocycles. The number of anilines is 1. The summed E-state index contributed by atoms with van der Waals surface area (Å²) in [6, 6.07) is 10.4. The molecule has 0 spiro atoms. The van der Waals surface area contributed by atoms with Gasteiger partial charge in [-0.25, -0.2) is 9.69 Å². The monoisotopic (exact) mass is 437 g/mol. The van der Waals surface area contributed by atoms with Crippen LogP contribution in [0, 0.1) is 10.1 Å². The zero-order valence-corrected chi connectivity index (χ0v) is 15.9. The van der Waals surface area contributed by atoms with Crippen molar-refractivity contribution < 1.29 is 14.5 Å². The van der Waals surface area contributed by atoms with Crippen molar-refractivity contribution >= 4 is 50.8 Å². The smallest absolute Gasteiger partial charge is 0.323 e. The molecule has 1 fully saturated rings. The van der Waals surface area contributed by atoms with Crippen molar-refractivity contribution in [2.75, 3.05) is 4.90 Å². The first kappa shape index (κ1) is 18.3. The van der Waals surface area contributed by atoms with E-state index in [0.29, 0.717) is 0 Å². The number of nitrogens with zero attached hydrogens (tertiary/aromatic N) is 2. The fraction of sp³-hybridized carbons (Fsp3) is 0.176. The molecule has 0 aromatic heterocycles. The third-order valence-corrected chi connectivity index (χ3v) is 4.82. The number of amides is 3. The summed E-state index contributed by atoms with van der Waals surface area (Å²) in [5, 5.41) is 13.8. The van der Waals surface area contributed by atoms with Crippen LogP contribution in [0.15, 0.2) is 46.9 Å². The van der Waals surface area contributed by atoms with Gasteiger partial charge in [0.1, 0.15) is 5.54 Å². The van der Waals surface area contributed by atoms with E-state index in [-0.39, 0.29) is 22.8 Å². The number of halogens is 2. The number of urea groups is 1. The average Bonchev–Trinajstić information content (AvgIpc) is 2.78. The maximum absolute atomic E-state index is 12.9. The lowest BCUT2D eigenvalue weighted by molar-refractivity contribution is -0.384. The lowest BCUT2D eigenvalue weighted by Gasteiger charge is -2.22. The number of hydrogen-bond acceptors (Lipinski definition) is 4. The maximum Gasteiger partial charge on any atom is 0.329 e. The Balaban J connectivity index is 1.94. The van der Waals surface area contributed by atoms with Gasteiger partial charge in [0.05, 0.1) is 10.6 Å². The molecule has 0 bridgehead atoms. The van der Waals surface area contributed by atoms with Crippen molar-refractivity contribution in [3.05, 3.63) is 67.6 Å². The number of hydrogen-bond donors (Lipinski definition) is 1. The largest absolute Gasteiger partial charge is 0.329 e. The second-order valence-electron chi connectivity index (χ2n) is 6.13. The van der Waals surface area contributed by atoms with E-state index < -0.39 is 22.4 Å². The fourth-order valence-electron chi connectivity index (χ4n) is 2.84. The SMILES string of the molecule is C[C@]1(Cc2ccc(Br)cc2)NC(=O)N(c2cc(Cl)cc([N+](=O)[O-])c2)C1=O. The Labute approximate surface area is 162 Å². The van der Waals surface area contributed by atoms with Crippen LogP contribution in [0.5, 0.6) is 0 Å². The quantitative estimate of drug-likeness (QED) is 0.442. The lowest BCUT2D eigenvalue weighted by atomic mass is 9.93. The first-order chi connectivity index (χ1) is 12.2. The van der Waals surface area contributed by atoms with E-state index in [1.165, 1.54) is 6.07 Å². The fourth-order valence-corrected chi connectivity index (χ4v) is 3.33. The number of imide groups is 1. The summed E-state index contributed by atoms with van der Waals surface area (Å²) in [5.74, 6) is -0.498. The van der Waals surface area contributed by atoms with E-state index in [4.69, 9.17) is 11.6 Å². The zero-order valence-electron chi connectivity index (χ0n) is 13.5. The van der Waals surface area contributed by atoms with Gasteiger partial charge in [0.2, 0.25) is 0 Å². The van der Waals surface area contributed by atoms with Crippen LogP contribution in [-0.2, 0) is 11.2 Å². The van der Waals surface area contributed by atoms with Gasteiger partial charge in [-0.1, -0.05) is 39.7 Å². The Morgan fingerprint density at radius 2 is 1.88 bits per heavy atom.